The Balaban J connectivity index is 0.000000845. The second-order valence-electron chi connectivity index (χ2n) is 2.46. The van der Waals surface area contributed by atoms with Gasteiger partial charge in [0, 0.05) is 5.56 Å². The van der Waals surface area contributed by atoms with Crippen LogP contribution in [0.2, 0.25) is 0 Å². The van der Waals surface area contributed by atoms with Crippen LogP contribution in [0.15, 0.2) is 24.5 Å². The molecule has 0 unspecified atom stereocenters. The minimum atomic E-state index is -0.675. The van der Waals surface area contributed by atoms with Crippen molar-refractivity contribution in [1.29, 1.82) is 0 Å². The van der Waals surface area contributed by atoms with E-state index in [0.717, 1.165) is 11.0 Å². The minimum absolute atomic E-state index is 0. The Hall–Kier alpha value is -0.840. The summed E-state index contributed by atoms with van der Waals surface area (Å²) >= 11 is 0. The van der Waals surface area contributed by atoms with Gasteiger partial charge in [0.2, 0.25) is 0 Å². The predicted molar refractivity (Wildman–Crippen MR) is 44.7 cm³/mol. The van der Waals surface area contributed by atoms with E-state index >= 15 is 0 Å². The number of imidazole rings is 1. The van der Waals surface area contributed by atoms with E-state index in [-0.39, 0.29) is 29.6 Å². The summed E-state index contributed by atoms with van der Waals surface area (Å²) in [7, 11) is 0. The number of carbonyl (C=O) groups is 1. The van der Waals surface area contributed by atoms with Crippen molar-refractivity contribution in [3.8, 4) is 0 Å². The third kappa shape index (κ3) is 1.91. The molecular formula is C8H6N3NaO. The summed E-state index contributed by atoms with van der Waals surface area (Å²) in [6, 6.07) is 4.93. The molecule has 13 heavy (non-hydrogen) atoms. The van der Waals surface area contributed by atoms with Gasteiger partial charge in [0.15, 0.2) is 0 Å². The molecule has 1 aromatic heterocycles. The summed E-state index contributed by atoms with van der Waals surface area (Å²) in [4.78, 5) is 17.5. The molecule has 4 nitrogen and oxygen atoms in total. The van der Waals surface area contributed by atoms with Crippen molar-refractivity contribution >= 4 is 16.9 Å². The van der Waals surface area contributed by atoms with E-state index in [1.807, 2.05) is 0 Å². The molecule has 0 spiro atoms. The zero-order chi connectivity index (χ0) is 8.55. The average Bonchev–Trinajstić information content (AvgIpc) is 2.49. The number of H-pyrrole nitrogens is 1. The van der Waals surface area contributed by atoms with E-state index in [9.17, 15) is 4.79 Å². The molecule has 0 aliphatic carbocycles. The number of nitrogens with one attached hydrogen (secondary N) is 2. The van der Waals surface area contributed by atoms with Gasteiger partial charge in [-0.15, -0.1) is 0 Å². The standard InChI is InChI=1S/C8H7N3O.Na/c9-8(12)5-1-2-6-7(3-5)11-4-10-6;/h1-4H,(H3,9,10,11,12);/q;+1/p-1. The number of hydrogen-bond donors (Lipinski definition) is 1. The molecule has 1 amide bonds. The first-order chi connectivity index (χ1) is 5.77. The third-order valence-corrected chi connectivity index (χ3v) is 1.68. The number of aromatic nitrogens is 2. The minimum Gasteiger partial charge on any atom is -0.664 e. The number of fused-ring (bicyclic) bond motifs is 1. The second-order valence-corrected chi connectivity index (χ2v) is 2.46. The Morgan fingerprint density at radius 2 is 2.23 bits per heavy atom. The van der Waals surface area contributed by atoms with Crippen molar-refractivity contribution in [2.75, 3.05) is 0 Å². The fraction of sp³-hybridized carbons (Fsp3) is 0. The first-order valence-electron chi connectivity index (χ1n) is 3.46. The molecule has 0 saturated carbocycles. The summed E-state index contributed by atoms with van der Waals surface area (Å²) in [6.45, 7) is 0. The molecule has 0 atom stereocenters. The van der Waals surface area contributed by atoms with Gasteiger partial charge in [-0.2, -0.15) is 0 Å². The van der Waals surface area contributed by atoms with Crippen molar-refractivity contribution in [2.24, 2.45) is 0 Å². The van der Waals surface area contributed by atoms with E-state index in [2.05, 4.69) is 9.97 Å². The van der Waals surface area contributed by atoms with Crippen LogP contribution in [0.4, 0.5) is 0 Å². The Morgan fingerprint density at radius 3 is 2.92 bits per heavy atom. The molecule has 0 aliphatic heterocycles. The number of nitrogens with zero attached hydrogens (tertiary/aromatic N) is 1. The van der Waals surface area contributed by atoms with Crippen molar-refractivity contribution in [3.05, 3.63) is 35.8 Å². The molecule has 1 heterocycles. The molecule has 0 bridgehead atoms. The van der Waals surface area contributed by atoms with Crippen LogP contribution >= 0.6 is 0 Å². The quantitative estimate of drug-likeness (QED) is 0.562. The Labute approximate surface area is 96.8 Å². The van der Waals surface area contributed by atoms with Gasteiger partial charge in [-0.1, -0.05) is 6.07 Å². The Bertz CT molecular complexity index is 438. The van der Waals surface area contributed by atoms with Gasteiger partial charge < -0.3 is 15.5 Å². The first kappa shape index (κ1) is 10.2. The zero-order valence-corrected chi connectivity index (χ0v) is 9.16. The first-order valence-corrected chi connectivity index (χ1v) is 3.46. The maximum absolute atomic E-state index is 10.6. The van der Waals surface area contributed by atoms with Crippen molar-refractivity contribution in [2.45, 2.75) is 0 Å². The summed E-state index contributed by atoms with van der Waals surface area (Å²) in [6.07, 6.45) is 1.56. The number of hydrogen-bond acceptors (Lipinski definition) is 2. The molecular weight excluding hydrogens is 177 g/mol. The van der Waals surface area contributed by atoms with Crippen LogP contribution in [-0.4, -0.2) is 15.9 Å². The largest absolute Gasteiger partial charge is 1.00 e. The van der Waals surface area contributed by atoms with Gasteiger partial charge in [-0.25, -0.2) is 4.98 Å². The molecule has 5 heteroatoms. The normalized spacial score (nSPS) is 9.54. The molecule has 60 valence electrons. The van der Waals surface area contributed by atoms with Crippen LogP contribution in [0.1, 0.15) is 10.4 Å². The van der Waals surface area contributed by atoms with Gasteiger partial charge >= 0.3 is 29.6 Å². The van der Waals surface area contributed by atoms with Gasteiger partial charge in [0.25, 0.3) is 0 Å². The smallest absolute Gasteiger partial charge is 0.664 e. The van der Waals surface area contributed by atoms with Gasteiger partial charge in [-0.3, -0.25) is 0 Å². The molecule has 2 aromatic rings. The van der Waals surface area contributed by atoms with E-state index in [0.29, 0.717) is 5.56 Å². The van der Waals surface area contributed by atoms with Crippen LogP contribution in [0, 0.1) is 0 Å². The summed E-state index contributed by atoms with van der Waals surface area (Å²) < 4.78 is 0. The number of rotatable bonds is 1. The monoisotopic (exact) mass is 183 g/mol. The zero-order valence-electron chi connectivity index (χ0n) is 7.16. The maximum atomic E-state index is 10.6. The van der Waals surface area contributed by atoms with Crippen LogP contribution in [0.3, 0.4) is 0 Å². The second kappa shape index (κ2) is 3.91. The van der Waals surface area contributed by atoms with Crippen LogP contribution in [0.25, 0.3) is 16.8 Å². The van der Waals surface area contributed by atoms with Gasteiger partial charge in [0.05, 0.1) is 23.3 Å². The molecule has 0 radical (unpaired) electrons. The predicted octanol–water partition coefficient (Wildman–Crippen LogP) is -1.24. The molecule has 1 aromatic carbocycles. The SMILES string of the molecule is [NH-]C(=O)c1ccc2nc[nH]c2c1.[Na+]. The van der Waals surface area contributed by atoms with Crippen LogP contribution < -0.4 is 29.6 Å². The summed E-state index contributed by atoms with van der Waals surface area (Å²) in [5.41, 5.74) is 8.85. The topological polar surface area (TPSA) is 69.6 Å². The van der Waals surface area contributed by atoms with Gasteiger partial charge in [0.1, 0.15) is 0 Å². The van der Waals surface area contributed by atoms with Crippen molar-refractivity contribution in [1.82, 2.24) is 9.97 Å². The van der Waals surface area contributed by atoms with E-state index in [1.165, 1.54) is 0 Å². The number of amides is 1. The Kier molecular flexibility index (Phi) is 3.08. The Morgan fingerprint density at radius 1 is 1.46 bits per heavy atom. The molecule has 2 N–H and O–H groups in total. The molecule has 0 fully saturated rings. The summed E-state index contributed by atoms with van der Waals surface area (Å²) in [5, 5.41) is 0. The van der Waals surface area contributed by atoms with Crippen molar-refractivity contribution < 1.29 is 34.4 Å². The molecule has 2 rings (SSSR count). The number of carbonyl (C=O) groups excluding carboxylic acids is 1. The maximum Gasteiger partial charge on any atom is 1.00 e. The molecule has 0 saturated heterocycles. The van der Waals surface area contributed by atoms with E-state index < -0.39 is 5.91 Å². The fourth-order valence-corrected chi connectivity index (χ4v) is 1.08. The van der Waals surface area contributed by atoms with E-state index in [4.69, 9.17) is 5.73 Å². The number of benzene rings is 1. The van der Waals surface area contributed by atoms with E-state index in [1.54, 1.807) is 24.5 Å². The van der Waals surface area contributed by atoms with Gasteiger partial charge in [-0.05, 0) is 12.1 Å². The molecule has 0 aliphatic rings. The summed E-state index contributed by atoms with van der Waals surface area (Å²) in [5.74, 6) is -0.675. The van der Waals surface area contributed by atoms with Crippen LogP contribution in [0.5, 0.6) is 0 Å². The average molecular weight is 183 g/mol. The number of aromatic amines is 1. The van der Waals surface area contributed by atoms with Crippen molar-refractivity contribution in [3.63, 3.8) is 0 Å². The van der Waals surface area contributed by atoms with Crippen LogP contribution in [-0.2, 0) is 0 Å². The third-order valence-electron chi connectivity index (χ3n) is 1.68. The fourth-order valence-electron chi connectivity index (χ4n) is 1.08.